The van der Waals surface area contributed by atoms with Crippen molar-refractivity contribution in [3.63, 3.8) is 0 Å². The van der Waals surface area contributed by atoms with E-state index in [1.807, 2.05) is 11.8 Å². The van der Waals surface area contributed by atoms with Crippen LogP contribution in [0.3, 0.4) is 0 Å². The maximum Gasteiger partial charge on any atom is 0.267 e. The Balaban J connectivity index is 1.26. The van der Waals surface area contributed by atoms with Crippen LogP contribution in [0.5, 0.6) is 0 Å². The first kappa shape index (κ1) is 20.0. The Morgan fingerprint density at radius 2 is 1.89 bits per heavy atom. The summed E-state index contributed by atoms with van der Waals surface area (Å²) in [6.07, 6.45) is 5.47. The Kier molecular flexibility index (Phi) is 6.41. The zero-order valence-electron chi connectivity index (χ0n) is 16.9. The second kappa shape index (κ2) is 8.99. The molecule has 28 heavy (non-hydrogen) atoms. The van der Waals surface area contributed by atoms with Gasteiger partial charge in [-0.25, -0.2) is 4.68 Å². The van der Waals surface area contributed by atoms with Crippen LogP contribution in [0.1, 0.15) is 43.9 Å². The molecule has 4 rings (SSSR count). The van der Waals surface area contributed by atoms with Crippen LogP contribution in [0, 0.1) is 11.8 Å². The molecule has 0 unspecified atom stereocenters. The minimum atomic E-state index is 0.0154. The molecule has 154 valence electrons. The highest BCUT2D eigenvalue weighted by Crippen LogP contribution is 2.29. The number of nitrogens with zero attached hydrogens (tertiary/aromatic N) is 4. The molecule has 1 saturated carbocycles. The molecular formula is C21H32N4O2S. The van der Waals surface area contributed by atoms with E-state index >= 15 is 0 Å². The Bertz CT molecular complexity index is 749. The third-order valence-electron chi connectivity index (χ3n) is 6.58. The number of carbonyl (C=O) groups is 1. The van der Waals surface area contributed by atoms with Crippen LogP contribution >= 0.6 is 11.8 Å². The molecule has 1 aliphatic carbocycles. The highest BCUT2D eigenvalue weighted by Gasteiger charge is 2.30. The number of hydrogen-bond donors (Lipinski definition) is 0. The van der Waals surface area contributed by atoms with E-state index < -0.39 is 0 Å². The molecule has 1 saturated heterocycles. The Labute approximate surface area is 171 Å². The third-order valence-corrected chi connectivity index (χ3v) is 7.59. The summed E-state index contributed by atoms with van der Waals surface area (Å²) in [4.78, 5) is 29.5. The standard InChI is InChI=1S/C21H32N4O2S/c1-16-2-4-17(5-3-16)21(27)24-10-7-23(8-11-24)9-12-25-20(26)14-18-15-28-13-6-19(18)22-25/h14,16-17H,2-13,15H2,1H3. The van der Waals surface area contributed by atoms with Crippen molar-refractivity contribution in [2.75, 3.05) is 38.5 Å². The second-order valence-corrected chi connectivity index (χ2v) is 9.71. The Morgan fingerprint density at radius 3 is 2.64 bits per heavy atom. The van der Waals surface area contributed by atoms with Gasteiger partial charge in [0.25, 0.3) is 5.56 Å². The fourth-order valence-corrected chi connectivity index (χ4v) is 5.56. The van der Waals surface area contributed by atoms with E-state index in [1.54, 1.807) is 10.7 Å². The van der Waals surface area contributed by atoms with Gasteiger partial charge in [-0.2, -0.15) is 16.9 Å². The minimum Gasteiger partial charge on any atom is -0.340 e. The molecule has 3 aliphatic rings. The van der Waals surface area contributed by atoms with E-state index in [1.165, 1.54) is 12.8 Å². The molecule has 3 heterocycles. The zero-order valence-corrected chi connectivity index (χ0v) is 17.8. The summed E-state index contributed by atoms with van der Waals surface area (Å²) in [6, 6.07) is 1.77. The summed E-state index contributed by atoms with van der Waals surface area (Å²) >= 11 is 1.87. The largest absolute Gasteiger partial charge is 0.340 e. The van der Waals surface area contributed by atoms with Crippen molar-refractivity contribution in [3.8, 4) is 0 Å². The predicted molar refractivity (Wildman–Crippen MR) is 113 cm³/mol. The van der Waals surface area contributed by atoms with Crippen molar-refractivity contribution >= 4 is 17.7 Å². The van der Waals surface area contributed by atoms with Gasteiger partial charge in [-0.05, 0) is 42.9 Å². The molecule has 1 aromatic rings. The molecule has 1 aromatic heterocycles. The quantitative estimate of drug-likeness (QED) is 0.768. The molecule has 0 radical (unpaired) electrons. The fraction of sp³-hybridized carbons (Fsp3) is 0.762. The topological polar surface area (TPSA) is 58.4 Å². The number of fused-ring (bicyclic) bond motifs is 1. The van der Waals surface area contributed by atoms with Crippen LogP contribution in [0.2, 0.25) is 0 Å². The van der Waals surface area contributed by atoms with Gasteiger partial charge in [0.15, 0.2) is 0 Å². The van der Waals surface area contributed by atoms with Gasteiger partial charge >= 0.3 is 0 Å². The van der Waals surface area contributed by atoms with Gasteiger partial charge in [0, 0.05) is 56.9 Å². The summed E-state index contributed by atoms with van der Waals surface area (Å²) in [6.45, 7) is 7.16. The lowest BCUT2D eigenvalue weighted by molar-refractivity contribution is -0.138. The number of thioether (sulfide) groups is 1. The summed E-state index contributed by atoms with van der Waals surface area (Å²) in [5.74, 6) is 3.40. The summed E-state index contributed by atoms with van der Waals surface area (Å²) < 4.78 is 1.63. The molecular weight excluding hydrogens is 372 g/mol. The normalized spacial score (nSPS) is 26.1. The highest BCUT2D eigenvalue weighted by atomic mass is 32.2. The lowest BCUT2D eigenvalue weighted by Crippen LogP contribution is -2.51. The van der Waals surface area contributed by atoms with E-state index in [-0.39, 0.29) is 11.5 Å². The molecule has 0 bridgehead atoms. The molecule has 0 N–H and O–H groups in total. The van der Waals surface area contributed by atoms with Gasteiger partial charge in [-0.1, -0.05) is 6.92 Å². The lowest BCUT2D eigenvalue weighted by atomic mass is 9.82. The van der Waals surface area contributed by atoms with Gasteiger partial charge in [0.1, 0.15) is 0 Å². The van der Waals surface area contributed by atoms with E-state index in [4.69, 9.17) is 0 Å². The average molecular weight is 405 g/mol. The molecule has 0 atom stereocenters. The number of aromatic nitrogens is 2. The van der Waals surface area contributed by atoms with E-state index in [0.29, 0.717) is 12.5 Å². The summed E-state index contributed by atoms with van der Waals surface area (Å²) in [5, 5.41) is 4.61. The van der Waals surface area contributed by atoms with Crippen LogP contribution < -0.4 is 5.56 Å². The zero-order chi connectivity index (χ0) is 19.5. The number of carbonyl (C=O) groups excluding carboxylic acids is 1. The Morgan fingerprint density at radius 1 is 1.14 bits per heavy atom. The molecule has 0 spiro atoms. The van der Waals surface area contributed by atoms with Gasteiger partial charge in [-0.3, -0.25) is 14.5 Å². The van der Waals surface area contributed by atoms with Crippen molar-refractivity contribution in [1.82, 2.24) is 19.6 Å². The van der Waals surface area contributed by atoms with Crippen LogP contribution in [-0.2, 0) is 23.5 Å². The number of hydrogen-bond acceptors (Lipinski definition) is 5. The van der Waals surface area contributed by atoms with Crippen LogP contribution in [0.4, 0.5) is 0 Å². The van der Waals surface area contributed by atoms with E-state index in [9.17, 15) is 9.59 Å². The minimum absolute atomic E-state index is 0.0154. The highest BCUT2D eigenvalue weighted by molar-refractivity contribution is 7.98. The molecule has 1 amide bonds. The smallest absolute Gasteiger partial charge is 0.267 e. The maximum absolute atomic E-state index is 12.8. The fourth-order valence-electron chi connectivity index (χ4n) is 4.61. The van der Waals surface area contributed by atoms with Gasteiger partial charge < -0.3 is 4.90 Å². The molecule has 7 heteroatoms. The van der Waals surface area contributed by atoms with Crippen molar-refractivity contribution in [2.24, 2.45) is 11.8 Å². The first-order valence-corrected chi connectivity index (χ1v) is 11.9. The molecule has 2 aliphatic heterocycles. The Hall–Kier alpha value is -1.34. The predicted octanol–water partition coefficient (Wildman–Crippen LogP) is 2.00. The number of piperazine rings is 1. The van der Waals surface area contributed by atoms with Crippen molar-refractivity contribution in [2.45, 2.75) is 51.3 Å². The second-order valence-electron chi connectivity index (χ2n) is 8.60. The first-order chi connectivity index (χ1) is 13.6. The van der Waals surface area contributed by atoms with Gasteiger partial charge in [-0.15, -0.1) is 0 Å². The summed E-state index contributed by atoms with van der Waals surface area (Å²) in [5.41, 5.74) is 2.22. The van der Waals surface area contributed by atoms with E-state index in [0.717, 1.165) is 80.7 Å². The molecule has 6 nitrogen and oxygen atoms in total. The number of amides is 1. The average Bonchev–Trinajstić information content (AvgIpc) is 2.72. The van der Waals surface area contributed by atoms with Crippen molar-refractivity contribution in [3.05, 3.63) is 27.7 Å². The van der Waals surface area contributed by atoms with Crippen molar-refractivity contribution < 1.29 is 4.79 Å². The van der Waals surface area contributed by atoms with Gasteiger partial charge in [0.2, 0.25) is 5.91 Å². The lowest BCUT2D eigenvalue weighted by Gasteiger charge is -2.37. The maximum atomic E-state index is 12.8. The van der Waals surface area contributed by atoms with Crippen LogP contribution in [0.15, 0.2) is 10.9 Å². The number of aryl methyl sites for hydroxylation is 1. The first-order valence-electron chi connectivity index (χ1n) is 10.8. The van der Waals surface area contributed by atoms with Crippen LogP contribution in [0.25, 0.3) is 0 Å². The third kappa shape index (κ3) is 4.62. The van der Waals surface area contributed by atoms with Gasteiger partial charge in [0.05, 0.1) is 12.2 Å². The number of rotatable bonds is 4. The SMILES string of the molecule is CC1CCC(C(=O)N2CCN(CCn3nc4c(cc3=O)CSCC4)CC2)CC1. The summed E-state index contributed by atoms with van der Waals surface area (Å²) in [7, 11) is 0. The van der Waals surface area contributed by atoms with Crippen molar-refractivity contribution in [1.29, 1.82) is 0 Å². The van der Waals surface area contributed by atoms with Crippen LogP contribution in [-0.4, -0.2) is 64.0 Å². The van der Waals surface area contributed by atoms with E-state index in [2.05, 4.69) is 21.8 Å². The monoisotopic (exact) mass is 404 g/mol. The molecule has 0 aromatic carbocycles. The molecule has 2 fully saturated rings.